The van der Waals surface area contributed by atoms with Crippen molar-refractivity contribution in [1.82, 2.24) is 9.88 Å². The van der Waals surface area contributed by atoms with Crippen molar-refractivity contribution in [2.45, 2.75) is 12.8 Å². The number of nitrogens with one attached hydrogen (secondary N) is 1. The average molecular weight is 210 g/mol. The maximum Gasteiger partial charge on any atom is 0.303 e. The normalized spacial score (nSPS) is 9.93. The van der Waals surface area contributed by atoms with Crippen molar-refractivity contribution in [3.8, 4) is 0 Å². The molecule has 0 saturated heterocycles. The molecule has 15 heavy (non-hydrogen) atoms. The molecule has 0 atom stereocenters. The van der Waals surface area contributed by atoms with E-state index in [0.29, 0.717) is 18.5 Å². The molecule has 0 saturated carbocycles. The number of aromatic nitrogens is 1. The van der Waals surface area contributed by atoms with Crippen LogP contribution in [0.15, 0.2) is 18.5 Å². The molecule has 5 nitrogen and oxygen atoms in total. The molecule has 0 fully saturated rings. The molecule has 82 valence electrons. The topological polar surface area (TPSA) is 73.4 Å². The second-order valence-electron chi connectivity index (χ2n) is 3.32. The lowest BCUT2D eigenvalue weighted by atomic mass is 10.2. The van der Waals surface area contributed by atoms with Crippen LogP contribution in [0.2, 0.25) is 0 Å². The number of carbonyl (C=O) groups excluding carboxylic acids is 1. The summed E-state index contributed by atoms with van der Waals surface area (Å²) >= 11 is 0. The molecule has 1 rings (SSSR count). The molecule has 1 aromatic rings. The standard InChI is InChI=1S/C10H14N2O3/c1-12(6-2-3-9(13)14)10(15)8-4-5-11-7-8/h4-5,7,11H,2-3,6H2,1H3,(H,13,14). The lowest BCUT2D eigenvalue weighted by Gasteiger charge is -2.15. The van der Waals surface area contributed by atoms with Gasteiger partial charge in [-0.25, -0.2) is 0 Å². The molecule has 0 aliphatic carbocycles. The van der Waals surface area contributed by atoms with Crippen molar-refractivity contribution >= 4 is 11.9 Å². The van der Waals surface area contributed by atoms with E-state index in [0.717, 1.165) is 0 Å². The maximum absolute atomic E-state index is 11.6. The number of carboxylic acids is 1. The molecule has 1 aromatic heterocycles. The SMILES string of the molecule is CN(CCCC(=O)O)C(=O)c1cc[nH]c1. The Kier molecular flexibility index (Phi) is 3.91. The summed E-state index contributed by atoms with van der Waals surface area (Å²) in [6, 6.07) is 1.69. The second kappa shape index (κ2) is 5.19. The van der Waals surface area contributed by atoms with Crippen LogP contribution < -0.4 is 0 Å². The Morgan fingerprint density at radius 1 is 1.53 bits per heavy atom. The Morgan fingerprint density at radius 2 is 2.27 bits per heavy atom. The van der Waals surface area contributed by atoms with Crippen molar-refractivity contribution in [2.24, 2.45) is 0 Å². The molecule has 0 aliphatic heterocycles. The zero-order valence-corrected chi connectivity index (χ0v) is 8.56. The van der Waals surface area contributed by atoms with E-state index >= 15 is 0 Å². The lowest BCUT2D eigenvalue weighted by molar-refractivity contribution is -0.137. The summed E-state index contributed by atoms with van der Waals surface area (Å²) in [5.74, 6) is -0.931. The number of nitrogens with zero attached hydrogens (tertiary/aromatic N) is 1. The Balaban J connectivity index is 2.37. The zero-order chi connectivity index (χ0) is 11.3. The zero-order valence-electron chi connectivity index (χ0n) is 8.56. The van der Waals surface area contributed by atoms with Crippen LogP contribution in [-0.2, 0) is 4.79 Å². The van der Waals surface area contributed by atoms with Crippen LogP contribution in [0.4, 0.5) is 0 Å². The molecule has 1 heterocycles. The minimum atomic E-state index is -0.836. The number of rotatable bonds is 5. The van der Waals surface area contributed by atoms with Crippen LogP contribution in [-0.4, -0.2) is 40.5 Å². The Hall–Kier alpha value is -1.78. The van der Waals surface area contributed by atoms with Gasteiger partial charge in [-0.3, -0.25) is 9.59 Å². The quantitative estimate of drug-likeness (QED) is 0.760. The molecule has 0 aromatic carbocycles. The van der Waals surface area contributed by atoms with Crippen LogP contribution in [0.5, 0.6) is 0 Å². The molecule has 2 N–H and O–H groups in total. The van der Waals surface area contributed by atoms with E-state index in [-0.39, 0.29) is 12.3 Å². The van der Waals surface area contributed by atoms with E-state index in [2.05, 4.69) is 4.98 Å². The van der Waals surface area contributed by atoms with Crippen molar-refractivity contribution in [1.29, 1.82) is 0 Å². The molecule has 0 radical (unpaired) electrons. The summed E-state index contributed by atoms with van der Waals surface area (Å²) in [6.45, 7) is 0.455. The number of carboxylic acid groups (broad SMARTS) is 1. The van der Waals surface area contributed by atoms with Gasteiger partial charge in [-0.2, -0.15) is 0 Å². The number of hydrogen-bond acceptors (Lipinski definition) is 2. The monoisotopic (exact) mass is 210 g/mol. The van der Waals surface area contributed by atoms with Crippen molar-refractivity contribution < 1.29 is 14.7 Å². The summed E-state index contributed by atoms with van der Waals surface area (Å²) in [6.07, 6.45) is 3.86. The van der Waals surface area contributed by atoms with Gasteiger partial charge in [-0.05, 0) is 12.5 Å². The van der Waals surface area contributed by atoms with E-state index in [9.17, 15) is 9.59 Å². The fourth-order valence-electron chi connectivity index (χ4n) is 1.25. The Bertz CT molecular complexity index is 332. The fraction of sp³-hybridized carbons (Fsp3) is 0.400. The van der Waals surface area contributed by atoms with Gasteiger partial charge in [0.1, 0.15) is 0 Å². The number of aromatic amines is 1. The third-order valence-corrected chi connectivity index (χ3v) is 2.08. The first-order valence-electron chi connectivity index (χ1n) is 4.71. The molecule has 0 bridgehead atoms. The van der Waals surface area contributed by atoms with Gasteiger partial charge in [0.15, 0.2) is 0 Å². The number of aliphatic carboxylic acids is 1. The van der Waals surface area contributed by atoms with Gasteiger partial charge in [0.2, 0.25) is 0 Å². The first-order valence-corrected chi connectivity index (χ1v) is 4.71. The van der Waals surface area contributed by atoms with Crippen LogP contribution in [0.3, 0.4) is 0 Å². The number of H-pyrrole nitrogens is 1. The minimum Gasteiger partial charge on any atom is -0.481 e. The molecule has 0 spiro atoms. The van der Waals surface area contributed by atoms with Gasteiger partial charge < -0.3 is 15.0 Å². The summed E-state index contributed by atoms with van der Waals surface area (Å²) < 4.78 is 0. The first kappa shape index (κ1) is 11.3. The lowest BCUT2D eigenvalue weighted by Crippen LogP contribution is -2.27. The smallest absolute Gasteiger partial charge is 0.303 e. The number of amides is 1. The van der Waals surface area contributed by atoms with Gasteiger partial charge >= 0.3 is 5.97 Å². The Morgan fingerprint density at radius 3 is 2.80 bits per heavy atom. The molecular formula is C10H14N2O3. The van der Waals surface area contributed by atoms with Gasteiger partial charge in [0.05, 0.1) is 5.56 Å². The van der Waals surface area contributed by atoms with Crippen molar-refractivity contribution in [2.75, 3.05) is 13.6 Å². The van der Waals surface area contributed by atoms with Crippen LogP contribution in [0, 0.1) is 0 Å². The highest BCUT2D eigenvalue weighted by atomic mass is 16.4. The van der Waals surface area contributed by atoms with E-state index < -0.39 is 5.97 Å². The highest BCUT2D eigenvalue weighted by molar-refractivity contribution is 5.93. The first-order chi connectivity index (χ1) is 7.11. The maximum atomic E-state index is 11.6. The van der Waals surface area contributed by atoms with Crippen molar-refractivity contribution in [3.05, 3.63) is 24.0 Å². The van der Waals surface area contributed by atoms with Crippen LogP contribution in [0.25, 0.3) is 0 Å². The average Bonchev–Trinajstić information content (AvgIpc) is 2.68. The molecule has 5 heteroatoms. The van der Waals surface area contributed by atoms with E-state index in [1.54, 1.807) is 25.5 Å². The van der Waals surface area contributed by atoms with Gasteiger partial charge in [0.25, 0.3) is 5.91 Å². The largest absolute Gasteiger partial charge is 0.481 e. The Labute approximate surface area is 87.7 Å². The molecule has 1 amide bonds. The third-order valence-electron chi connectivity index (χ3n) is 2.08. The summed E-state index contributed by atoms with van der Waals surface area (Å²) in [7, 11) is 1.66. The third kappa shape index (κ3) is 3.46. The fourth-order valence-corrected chi connectivity index (χ4v) is 1.25. The number of carbonyl (C=O) groups is 2. The highest BCUT2D eigenvalue weighted by Gasteiger charge is 2.11. The predicted octanol–water partition coefficient (Wildman–Crippen LogP) is 0.951. The van der Waals surface area contributed by atoms with Gasteiger partial charge in [-0.15, -0.1) is 0 Å². The van der Waals surface area contributed by atoms with Crippen LogP contribution >= 0.6 is 0 Å². The summed E-state index contributed by atoms with van der Waals surface area (Å²) in [5.41, 5.74) is 0.591. The van der Waals surface area contributed by atoms with E-state index in [4.69, 9.17) is 5.11 Å². The highest BCUT2D eigenvalue weighted by Crippen LogP contribution is 2.03. The van der Waals surface area contributed by atoms with Gasteiger partial charge in [-0.1, -0.05) is 0 Å². The molecule has 0 aliphatic rings. The summed E-state index contributed by atoms with van der Waals surface area (Å²) in [5, 5.41) is 8.44. The van der Waals surface area contributed by atoms with E-state index in [1.165, 1.54) is 4.90 Å². The van der Waals surface area contributed by atoms with Crippen LogP contribution in [0.1, 0.15) is 23.2 Å². The summed E-state index contributed by atoms with van der Waals surface area (Å²) in [4.78, 5) is 26.2. The molecular weight excluding hydrogens is 196 g/mol. The molecule has 0 unspecified atom stereocenters. The van der Waals surface area contributed by atoms with Gasteiger partial charge in [0, 0.05) is 32.4 Å². The van der Waals surface area contributed by atoms with E-state index in [1.807, 2.05) is 0 Å². The second-order valence-corrected chi connectivity index (χ2v) is 3.32. The predicted molar refractivity (Wildman–Crippen MR) is 54.6 cm³/mol. The minimum absolute atomic E-state index is 0.0881. The van der Waals surface area contributed by atoms with Crippen molar-refractivity contribution in [3.63, 3.8) is 0 Å². The number of hydrogen-bond donors (Lipinski definition) is 2.